The summed E-state index contributed by atoms with van der Waals surface area (Å²) in [7, 11) is -4.16. The monoisotopic (exact) mass is 576 g/mol. The summed E-state index contributed by atoms with van der Waals surface area (Å²) in [5.74, 6) is -0.445. The van der Waals surface area contributed by atoms with Crippen LogP contribution in [-0.4, -0.2) is 86.4 Å². The molecule has 1 atom stereocenters. The highest BCUT2D eigenvalue weighted by Gasteiger charge is 2.43. The number of sulfonamides is 1. The Morgan fingerprint density at radius 3 is 2.23 bits per heavy atom. The van der Waals surface area contributed by atoms with Crippen LogP contribution in [0.1, 0.15) is 5.56 Å². The fourth-order valence-electron chi connectivity index (χ4n) is 4.93. The Morgan fingerprint density at radius 2 is 1.52 bits per heavy atom. The number of nitrogens with zero attached hydrogens (tertiary/aromatic N) is 3. The molecule has 1 N–H and O–H groups in total. The van der Waals surface area contributed by atoms with Gasteiger partial charge in [-0.3, -0.25) is 4.79 Å². The summed E-state index contributed by atoms with van der Waals surface area (Å²) in [4.78, 5) is 29.6. The minimum Gasteiger partial charge on any atom is -0.378 e. The Bertz CT molecular complexity index is 1500. The first kappa shape index (κ1) is 27.9. The number of amides is 3. The fraction of sp³-hybridized carbons (Fsp3) is 0.333. The molecule has 0 radical (unpaired) electrons. The number of carbonyl (C=O) groups excluding carboxylic acids is 2. The van der Waals surface area contributed by atoms with Gasteiger partial charge in [0, 0.05) is 43.8 Å². The lowest BCUT2D eigenvalue weighted by molar-refractivity contribution is -0.140. The van der Waals surface area contributed by atoms with E-state index in [1.54, 1.807) is 36.4 Å². The third-order valence-electron chi connectivity index (χ3n) is 7.03. The van der Waals surface area contributed by atoms with Crippen molar-refractivity contribution in [3.8, 4) is 0 Å². The van der Waals surface area contributed by atoms with Crippen molar-refractivity contribution >= 4 is 38.4 Å². The van der Waals surface area contributed by atoms with Crippen molar-refractivity contribution in [1.29, 1.82) is 0 Å². The van der Waals surface area contributed by atoms with Crippen molar-refractivity contribution in [2.75, 3.05) is 51.3 Å². The molecule has 0 aromatic heterocycles. The van der Waals surface area contributed by atoms with Gasteiger partial charge in [0.15, 0.2) is 0 Å². The third kappa shape index (κ3) is 5.62. The van der Waals surface area contributed by atoms with E-state index < -0.39 is 39.7 Å². The number of ether oxygens (including phenoxy) is 1. The van der Waals surface area contributed by atoms with Gasteiger partial charge in [-0.1, -0.05) is 36.4 Å². The van der Waals surface area contributed by atoms with Crippen LogP contribution in [0.4, 0.5) is 23.7 Å². The van der Waals surface area contributed by atoms with Gasteiger partial charge in [0.1, 0.15) is 6.04 Å². The maximum atomic E-state index is 14.0. The largest absolute Gasteiger partial charge is 0.416 e. The van der Waals surface area contributed by atoms with E-state index in [0.717, 1.165) is 34.0 Å². The number of halogens is 3. The van der Waals surface area contributed by atoms with Crippen LogP contribution in [0.3, 0.4) is 0 Å². The number of piperazine rings is 1. The predicted octanol–water partition coefficient (Wildman–Crippen LogP) is 3.62. The van der Waals surface area contributed by atoms with E-state index in [0.29, 0.717) is 18.6 Å². The van der Waals surface area contributed by atoms with Crippen molar-refractivity contribution in [2.45, 2.75) is 17.1 Å². The van der Waals surface area contributed by atoms with E-state index >= 15 is 0 Å². The smallest absolute Gasteiger partial charge is 0.378 e. The van der Waals surface area contributed by atoms with Gasteiger partial charge in [-0.2, -0.15) is 17.5 Å². The van der Waals surface area contributed by atoms with Gasteiger partial charge < -0.3 is 19.9 Å². The van der Waals surface area contributed by atoms with Crippen LogP contribution >= 0.6 is 0 Å². The lowest BCUT2D eigenvalue weighted by Gasteiger charge is -2.42. The van der Waals surface area contributed by atoms with E-state index in [2.05, 4.69) is 5.32 Å². The average molecular weight is 577 g/mol. The Labute approximate surface area is 229 Å². The number of hydrogen-bond donors (Lipinski definition) is 1. The first-order chi connectivity index (χ1) is 19.1. The molecule has 3 aromatic carbocycles. The fourth-order valence-corrected chi connectivity index (χ4v) is 6.71. The molecule has 3 amide bonds. The number of nitrogens with one attached hydrogen (secondary N) is 1. The molecular formula is C27H27F3N4O5S. The molecule has 13 heteroatoms. The molecule has 2 aliphatic rings. The topological polar surface area (TPSA) is 99.3 Å². The van der Waals surface area contributed by atoms with Crippen LogP contribution in [-0.2, 0) is 25.7 Å². The molecule has 2 heterocycles. The highest BCUT2D eigenvalue weighted by atomic mass is 32.2. The number of benzene rings is 3. The van der Waals surface area contributed by atoms with Crippen molar-refractivity contribution < 1.29 is 35.9 Å². The summed E-state index contributed by atoms with van der Waals surface area (Å²) in [6.07, 6.45) is -4.51. The SMILES string of the molecule is O=C(Nc1ccc(C(F)(F)F)cc1)N1CCN(S(=O)(=O)c2cccc3ccccc23)C(C(=O)N2CCOCC2)C1. The number of anilines is 1. The minimum absolute atomic E-state index is 0.0244. The summed E-state index contributed by atoms with van der Waals surface area (Å²) in [6, 6.07) is 14.1. The van der Waals surface area contributed by atoms with Gasteiger partial charge in [0.2, 0.25) is 15.9 Å². The zero-order chi connectivity index (χ0) is 28.5. The molecule has 5 rings (SSSR count). The van der Waals surface area contributed by atoms with Crippen LogP contribution in [0.25, 0.3) is 10.8 Å². The van der Waals surface area contributed by atoms with E-state index in [-0.39, 0.29) is 43.3 Å². The molecule has 2 aliphatic heterocycles. The standard InChI is InChI=1S/C27H27F3N4O5S/c28-27(29,30)20-8-10-21(11-9-20)31-26(36)33-12-13-34(23(18-33)25(35)32-14-16-39-17-15-32)40(37,38)24-7-3-5-19-4-1-2-6-22(19)24/h1-11,23H,12-18H2,(H,31,36). The molecule has 2 saturated heterocycles. The number of fused-ring (bicyclic) bond motifs is 1. The molecule has 0 saturated carbocycles. The number of carbonyl (C=O) groups is 2. The predicted molar refractivity (Wildman–Crippen MR) is 141 cm³/mol. The maximum Gasteiger partial charge on any atom is 0.416 e. The van der Waals surface area contributed by atoms with Crippen molar-refractivity contribution in [3.05, 3.63) is 72.3 Å². The molecule has 40 heavy (non-hydrogen) atoms. The molecule has 3 aromatic rings. The molecule has 0 spiro atoms. The maximum absolute atomic E-state index is 14.0. The Morgan fingerprint density at radius 1 is 0.850 bits per heavy atom. The van der Waals surface area contributed by atoms with Gasteiger partial charge in [-0.05, 0) is 35.7 Å². The lowest BCUT2D eigenvalue weighted by atomic mass is 10.1. The molecule has 1 unspecified atom stereocenters. The number of hydrogen-bond acceptors (Lipinski definition) is 5. The molecule has 212 valence electrons. The third-order valence-corrected chi connectivity index (χ3v) is 8.99. The van der Waals surface area contributed by atoms with Crippen molar-refractivity contribution in [2.24, 2.45) is 0 Å². The number of alkyl halides is 3. The molecule has 9 nitrogen and oxygen atoms in total. The van der Waals surface area contributed by atoms with E-state index in [4.69, 9.17) is 4.74 Å². The second-order valence-corrected chi connectivity index (χ2v) is 11.4. The quantitative estimate of drug-likeness (QED) is 0.512. The normalized spacial score (nSPS) is 19.0. The van der Waals surface area contributed by atoms with E-state index in [1.807, 2.05) is 0 Å². The zero-order valence-corrected chi connectivity index (χ0v) is 22.1. The van der Waals surface area contributed by atoms with Crippen LogP contribution in [0, 0.1) is 0 Å². The number of rotatable bonds is 4. The Hall–Kier alpha value is -3.68. The highest BCUT2D eigenvalue weighted by molar-refractivity contribution is 7.89. The zero-order valence-electron chi connectivity index (χ0n) is 21.3. The van der Waals surface area contributed by atoms with Crippen LogP contribution in [0.15, 0.2) is 71.6 Å². The second kappa shape index (κ2) is 11.1. The Kier molecular flexibility index (Phi) is 7.71. The number of urea groups is 1. The van der Waals surface area contributed by atoms with Crippen LogP contribution in [0.2, 0.25) is 0 Å². The summed E-state index contributed by atoms with van der Waals surface area (Å²) >= 11 is 0. The van der Waals surface area contributed by atoms with Gasteiger partial charge in [0.05, 0.1) is 23.7 Å². The van der Waals surface area contributed by atoms with Gasteiger partial charge in [0.25, 0.3) is 0 Å². The molecule has 0 bridgehead atoms. The van der Waals surface area contributed by atoms with Crippen LogP contribution < -0.4 is 5.32 Å². The Balaban J connectivity index is 1.41. The van der Waals surface area contributed by atoms with Crippen LogP contribution in [0.5, 0.6) is 0 Å². The first-order valence-corrected chi connectivity index (χ1v) is 14.1. The highest BCUT2D eigenvalue weighted by Crippen LogP contribution is 2.31. The van der Waals surface area contributed by atoms with Gasteiger partial charge >= 0.3 is 12.2 Å². The molecular weight excluding hydrogens is 549 g/mol. The van der Waals surface area contributed by atoms with E-state index in [1.165, 1.54) is 15.9 Å². The summed E-state index contributed by atoms with van der Waals surface area (Å²) in [5, 5.41) is 3.79. The average Bonchev–Trinajstić information content (AvgIpc) is 2.96. The molecule has 0 aliphatic carbocycles. The summed E-state index contributed by atoms with van der Waals surface area (Å²) in [6.45, 7) is 0.798. The van der Waals surface area contributed by atoms with Crippen molar-refractivity contribution in [1.82, 2.24) is 14.1 Å². The lowest BCUT2D eigenvalue weighted by Crippen LogP contribution is -2.63. The minimum atomic E-state index is -4.51. The first-order valence-electron chi connectivity index (χ1n) is 12.6. The second-order valence-electron chi connectivity index (χ2n) is 9.50. The summed E-state index contributed by atoms with van der Waals surface area (Å²) < 4.78 is 73.2. The molecule has 2 fully saturated rings. The van der Waals surface area contributed by atoms with Gasteiger partial charge in [-0.25, -0.2) is 13.2 Å². The number of morpholine rings is 1. The summed E-state index contributed by atoms with van der Waals surface area (Å²) in [5.41, 5.74) is -0.714. The van der Waals surface area contributed by atoms with Gasteiger partial charge in [-0.15, -0.1) is 0 Å². The van der Waals surface area contributed by atoms with Crippen molar-refractivity contribution in [3.63, 3.8) is 0 Å². The van der Waals surface area contributed by atoms with E-state index in [9.17, 15) is 31.2 Å².